The van der Waals surface area contributed by atoms with Crippen LogP contribution in [0.15, 0.2) is 42.5 Å². The van der Waals surface area contributed by atoms with Gasteiger partial charge in [0.25, 0.3) is 0 Å². The molecule has 2 unspecified atom stereocenters. The van der Waals surface area contributed by atoms with Crippen molar-refractivity contribution in [2.45, 2.75) is 25.9 Å². The average Bonchev–Trinajstić information content (AvgIpc) is 2.37. The van der Waals surface area contributed by atoms with Gasteiger partial charge < -0.3 is 10.4 Å². The minimum absolute atomic E-state index is 0.115. The summed E-state index contributed by atoms with van der Waals surface area (Å²) in [5.41, 5.74) is 1.28. The number of hydrogen-bond acceptors (Lipinski definition) is 2. The third kappa shape index (κ3) is 2.65. The largest absolute Gasteiger partial charge is 0.395 e. The molecule has 0 aliphatic carbocycles. The van der Waals surface area contributed by atoms with Crippen molar-refractivity contribution in [1.82, 2.24) is 5.32 Å². The molecule has 0 fully saturated rings. The molecular formula is C15H19NO. The van der Waals surface area contributed by atoms with Crippen LogP contribution in [0.25, 0.3) is 10.8 Å². The minimum atomic E-state index is 0.115. The minimum Gasteiger partial charge on any atom is -0.395 e. The molecule has 0 heterocycles. The number of benzene rings is 2. The van der Waals surface area contributed by atoms with Gasteiger partial charge in [-0.05, 0) is 30.2 Å². The molecule has 0 radical (unpaired) electrons. The number of aliphatic hydroxyl groups excluding tert-OH is 1. The maximum absolute atomic E-state index is 9.08. The lowest BCUT2D eigenvalue weighted by molar-refractivity contribution is 0.243. The molecule has 2 rings (SSSR count). The molecule has 0 saturated carbocycles. The van der Waals surface area contributed by atoms with Gasteiger partial charge in [0, 0.05) is 12.1 Å². The van der Waals surface area contributed by atoms with Crippen molar-refractivity contribution < 1.29 is 5.11 Å². The molecule has 2 N–H and O–H groups in total. The molecule has 0 saturated heterocycles. The van der Waals surface area contributed by atoms with E-state index in [9.17, 15) is 0 Å². The molecule has 0 aromatic heterocycles. The second-order valence-corrected chi connectivity index (χ2v) is 4.54. The lowest BCUT2D eigenvalue weighted by Crippen LogP contribution is -2.31. The molecule has 2 nitrogen and oxygen atoms in total. The van der Waals surface area contributed by atoms with E-state index < -0.39 is 0 Å². The number of fused-ring (bicyclic) bond motifs is 1. The van der Waals surface area contributed by atoms with Gasteiger partial charge in [0.15, 0.2) is 0 Å². The summed E-state index contributed by atoms with van der Waals surface area (Å²) in [5, 5.41) is 15.0. The Morgan fingerprint density at radius 2 is 1.76 bits per heavy atom. The van der Waals surface area contributed by atoms with Gasteiger partial charge >= 0.3 is 0 Å². The van der Waals surface area contributed by atoms with E-state index in [2.05, 4.69) is 54.7 Å². The predicted octanol–water partition coefficient (Wildman–Crippen LogP) is 2.87. The molecule has 2 aromatic carbocycles. The lowest BCUT2D eigenvalue weighted by Gasteiger charge is -2.20. The van der Waals surface area contributed by atoms with Gasteiger partial charge in [-0.25, -0.2) is 0 Å². The van der Waals surface area contributed by atoms with Crippen LogP contribution in [0.3, 0.4) is 0 Å². The van der Waals surface area contributed by atoms with Crippen LogP contribution in [0.1, 0.15) is 25.5 Å². The zero-order valence-electron chi connectivity index (χ0n) is 10.4. The Bertz CT molecular complexity index is 490. The van der Waals surface area contributed by atoms with E-state index in [0.29, 0.717) is 0 Å². The van der Waals surface area contributed by atoms with E-state index in [1.807, 2.05) is 6.92 Å². The summed E-state index contributed by atoms with van der Waals surface area (Å²) in [6, 6.07) is 15.1. The van der Waals surface area contributed by atoms with E-state index in [4.69, 9.17) is 5.11 Å². The Balaban J connectivity index is 2.34. The monoisotopic (exact) mass is 229 g/mol. The maximum atomic E-state index is 9.08. The number of hydrogen-bond donors (Lipinski definition) is 2. The van der Waals surface area contributed by atoms with Crippen LogP contribution >= 0.6 is 0 Å². The van der Waals surface area contributed by atoms with Crippen molar-refractivity contribution >= 4 is 10.8 Å². The van der Waals surface area contributed by atoms with Crippen molar-refractivity contribution in [2.24, 2.45) is 0 Å². The highest BCUT2D eigenvalue weighted by atomic mass is 16.3. The third-order valence-corrected chi connectivity index (χ3v) is 3.10. The Labute approximate surface area is 102 Å². The lowest BCUT2D eigenvalue weighted by atomic mass is 9.99. The highest BCUT2D eigenvalue weighted by molar-refractivity contribution is 5.86. The van der Waals surface area contributed by atoms with Crippen molar-refractivity contribution in [3.8, 4) is 0 Å². The Hall–Kier alpha value is -1.38. The molecule has 2 heteroatoms. The first-order valence-corrected chi connectivity index (χ1v) is 6.07. The zero-order chi connectivity index (χ0) is 12.3. The second kappa shape index (κ2) is 5.30. The van der Waals surface area contributed by atoms with E-state index >= 15 is 0 Å². The highest BCUT2D eigenvalue weighted by Gasteiger charge is 2.10. The van der Waals surface area contributed by atoms with Gasteiger partial charge in [-0.3, -0.25) is 0 Å². The van der Waals surface area contributed by atoms with E-state index in [1.165, 1.54) is 16.3 Å². The van der Waals surface area contributed by atoms with Gasteiger partial charge in [-0.2, -0.15) is 0 Å². The smallest absolute Gasteiger partial charge is 0.0582 e. The summed E-state index contributed by atoms with van der Waals surface area (Å²) in [4.78, 5) is 0. The topological polar surface area (TPSA) is 32.3 Å². The van der Waals surface area contributed by atoms with Crippen molar-refractivity contribution in [1.29, 1.82) is 0 Å². The molecule has 0 amide bonds. The fraction of sp³-hybridized carbons (Fsp3) is 0.333. The maximum Gasteiger partial charge on any atom is 0.0582 e. The van der Waals surface area contributed by atoms with E-state index in [0.717, 1.165) is 0 Å². The molecule has 90 valence electrons. The van der Waals surface area contributed by atoms with Crippen LogP contribution in [0.4, 0.5) is 0 Å². The van der Waals surface area contributed by atoms with Gasteiger partial charge in [-0.15, -0.1) is 0 Å². The highest BCUT2D eigenvalue weighted by Crippen LogP contribution is 2.24. The normalized spacial score (nSPS) is 14.8. The summed E-state index contributed by atoms with van der Waals surface area (Å²) in [6.45, 7) is 4.28. The van der Waals surface area contributed by atoms with E-state index in [1.54, 1.807) is 0 Å². The first-order chi connectivity index (χ1) is 8.22. The summed E-state index contributed by atoms with van der Waals surface area (Å²) < 4.78 is 0. The first-order valence-electron chi connectivity index (χ1n) is 6.07. The molecule has 17 heavy (non-hydrogen) atoms. The average molecular weight is 229 g/mol. The Morgan fingerprint density at radius 1 is 1.06 bits per heavy atom. The van der Waals surface area contributed by atoms with E-state index in [-0.39, 0.29) is 18.7 Å². The van der Waals surface area contributed by atoms with Gasteiger partial charge in [0.1, 0.15) is 0 Å². The molecule has 0 bridgehead atoms. The standard InChI is InChI=1S/C15H19NO/c1-11(10-17)16-12(2)14-9-5-7-13-6-3-4-8-15(13)14/h3-9,11-12,16-17H,10H2,1-2H3. The number of aliphatic hydroxyl groups is 1. The number of nitrogens with one attached hydrogen (secondary N) is 1. The first kappa shape index (κ1) is 12.1. The van der Waals surface area contributed by atoms with Crippen LogP contribution in [0.2, 0.25) is 0 Å². The van der Waals surface area contributed by atoms with Crippen LogP contribution in [-0.2, 0) is 0 Å². The SMILES string of the molecule is CC(CO)NC(C)c1cccc2ccccc12. The van der Waals surface area contributed by atoms with Crippen molar-refractivity contribution in [3.05, 3.63) is 48.0 Å². The zero-order valence-corrected chi connectivity index (χ0v) is 10.4. The summed E-state index contributed by atoms with van der Waals surface area (Å²) in [6.07, 6.45) is 0. The number of rotatable bonds is 4. The molecule has 0 spiro atoms. The van der Waals surface area contributed by atoms with Gasteiger partial charge in [0.2, 0.25) is 0 Å². The second-order valence-electron chi connectivity index (χ2n) is 4.54. The fourth-order valence-electron chi connectivity index (χ4n) is 2.20. The van der Waals surface area contributed by atoms with Crippen molar-refractivity contribution in [2.75, 3.05) is 6.61 Å². The fourth-order valence-corrected chi connectivity index (χ4v) is 2.20. The molecule has 0 aliphatic rings. The van der Waals surface area contributed by atoms with Gasteiger partial charge in [-0.1, -0.05) is 42.5 Å². The van der Waals surface area contributed by atoms with Crippen LogP contribution in [0.5, 0.6) is 0 Å². The Morgan fingerprint density at radius 3 is 2.53 bits per heavy atom. The van der Waals surface area contributed by atoms with Gasteiger partial charge in [0.05, 0.1) is 6.61 Å². The molecule has 2 aromatic rings. The Kier molecular flexibility index (Phi) is 3.77. The summed E-state index contributed by atoms with van der Waals surface area (Å²) >= 11 is 0. The predicted molar refractivity (Wildman–Crippen MR) is 72.0 cm³/mol. The molecule has 2 atom stereocenters. The van der Waals surface area contributed by atoms with Crippen LogP contribution in [0, 0.1) is 0 Å². The quantitative estimate of drug-likeness (QED) is 0.845. The molecule has 0 aliphatic heterocycles. The summed E-state index contributed by atoms with van der Waals surface area (Å²) in [5.74, 6) is 0. The summed E-state index contributed by atoms with van der Waals surface area (Å²) in [7, 11) is 0. The van der Waals surface area contributed by atoms with Crippen LogP contribution < -0.4 is 5.32 Å². The van der Waals surface area contributed by atoms with Crippen molar-refractivity contribution in [3.63, 3.8) is 0 Å². The molecular weight excluding hydrogens is 210 g/mol. The third-order valence-electron chi connectivity index (χ3n) is 3.10. The van der Waals surface area contributed by atoms with Crippen LogP contribution in [-0.4, -0.2) is 17.8 Å².